The van der Waals surface area contributed by atoms with Gasteiger partial charge in [-0.25, -0.2) is 9.59 Å². The number of allylic oxidation sites excluding steroid dienone is 1. The molecule has 0 saturated carbocycles. The van der Waals surface area contributed by atoms with Crippen LogP contribution < -0.4 is 10.5 Å². The van der Waals surface area contributed by atoms with Crippen LogP contribution in [-0.4, -0.2) is 27.6 Å². The van der Waals surface area contributed by atoms with Gasteiger partial charge < -0.3 is 9.84 Å². The number of nitrogens with one attached hydrogen (secondary N) is 1. The van der Waals surface area contributed by atoms with Crippen LogP contribution in [0.1, 0.15) is 33.5 Å². The van der Waals surface area contributed by atoms with Gasteiger partial charge in [0.05, 0.1) is 5.56 Å². The molecule has 0 spiro atoms. The highest BCUT2D eigenvalue weighted by Gasteiger charge is 2.31. The number of hydrogen-bond donors (Lipinski definition) is 2. The summed E-state index contributed by atoms with van der Waals surface area (Å²) in [5.41, 5.74) is 3.07. The molecule has 4 aromatic rings. The molecule has 0 radical (unpaired) electrons. The molecule has 1 heterocycles. The number of para-hydroxylation sites is 1. The van der Waals surface area contributed by atoms with Crippen molar-refractivity contribution in [2.75, 3.05) is 0 Å². The number of aromatic amines is 1. The van der Waals surface area contributed by atoms with Crippen LogP contribution in [-0.2, 0) is 12.8 Å². The molecule has 0 saturated heterocycles. The lowest BCUT2D eigenvalue weighted by Gasteiger charge is -2.15. The molecule has 10 heteroatoms. The van der Waals surface area contributed by atoms with Gasteiger partial charge in [0.2, 0.25) is 0 Å². The number of alkyl halides is 3. The summed E-state index contributed by atoms with van der Waals surface area (Å²) in [6.45, 7) is 0. The Kier molecular flexibility index (Phi) is 8.10. The summed E-state index contributed by atoms with van der Waals surface area (Å²) in [5, 5.41) is 12.8. The van der Waals surface area contributed by atoms with Crippen LogP contribution in [0.25, 0.3) is 17.5 Å². The topological polar surface area (TPSA) is 105 Å². The number of aryl methyl sites for hydroxylation is 1. The molecule has 7 nitrogen and oxygen atoms in total. The first-order valence-electron chi connectivity index (χ1n) is 11.7. The molecule has 1 unspecified atom stereocenters. The zero-order chi connectivity index (χ0) is 27.1. The van der Waals surface area contributed by atoms with Crippen LogP contribution in [0, 0.1) is 5.92 Å². The van der Waals surface area contributed by atoms with Crippen LogP contribution in [0.4, 0.5) is 13.2 Å². The number of rotatable bonds is 10. The van der Waals surface area contributed by atoms with Crippen molar-refractivity contribution in [3.8, 4) is 17.1 Å². The van der Waals surface area contributed by atoms with E-state index >= 15 is 0 Å². The number of ether oxygens (including phenoxy) is 1. The molecular weight excluding hydrogens is 501 g/mol. The fourth-order valence-electron chi connectivity index (χ4n) is 3.96. The van der Waals surface area contributed by atoms with E-state index in [1.54, 1.807) is 54.6 Å². The number of carboxylic acid groups (broad SMARTS) is 1. The first-order valence-corrected chi connectivity index (χ1v) is 11.7. The first-order chi connectivity index (χ1) is 18.2. The highest BCUT2D eigenvalue weighted by Crippen LogP contribution is 2.28. The number of nitrogens with zero attached hydrogens (tertiary/aromatic N) is 1. The summed E-state index contributed by atoms with van der Waals surface area (Å²) in [6.07, 6.45) is 0.543. The van der Waals surface area contributed by atoms with Crippen LogP contribution >= 0.6 is 0 Å². The Morgan fingerprint density at radius 2 is 1.71 bits per heavy atom. The van der Waals surface area contributed by atoms with Gasteiger partial charge >= 0.3 is 18.1 Å². The molecule has 2 N–H and O–H groups in total. The summed E-state index contributed by atoms with van der Waals surface area (Å²) < 4.78 is 47.2. The van der Waals surface area contributed by atoms with Crippen molar-refractivity contribution in [2.45, 2.75) is 25.6 Å². The Balaban J connectivity index is 1.53. The number of carbonyl (C=O) groups is 1. The molecule has 3 aromatic carbocycles. The maximum atomic E-state index is 12.8. The van der Waals surface area contributed by atoms with E-state index in [-0.39, 0.29) is 17.2 Å². The van der Waals surface area contributed by atoms with E-state index in [0.717, 1.165) is 11.1 Å². The van der Waals surface area contributed by atoms with E-state index in [1.165, 1.54) is 12.1 Å². The van der Waals surface area contributed by atoms with Crippen molar-refractivity contribution in [1.29, 1.82) is 0 Å². The van der Waals surface area contributed by atoms with Crippen molar-refractivity contribution >= 4 is 12.0 Å². The number of aromatic nitrogens is 2. The Morgan fingerprint density at radius 1 is 1.03 bits per heavy atom. The van der Waals surface area contributed by atoms with Gasteiger partial charge in [-0.2, -0.15) is 0 Å². The molecule has 1 atom stereocenters. The second-order valence-electron chi connectivity index (χ2n) is 8.59. The normalized spacial score (nSPS) is 12.5. The van der Waals surface area contributed by atoms with E-state index in [1.807, 2.05) is 18.2 Å². The van der Waals surface area contributed by atoms with Gasteiger partial charge in [-0.15, -0.1) is 13.2 Å². The van der Waals surface area contributed by atoms with Crippen LogP contribution in [0.3, 0.4) is 0 Å². The van der Waals surface area contributed by atoms with E-state index in [2.05, 4.69) is 19.4 Å². The number of benzene rings is 3. The van der Waals surface area contributed by atoms with E-state index in [9.17, 15) is 22.8 Å². The average molecular weight is 524 g/mol. The summed E-state index contributed by atoms with van der Waals surface area (Å²) >= 11 is 0. The van der Waals surface area contributed by atoms with Crippen molar-refractivity contribution in [2.24, 2.45) is 5.92 Å². The van der Waals surface area contributed by atoms with E-state index in [0.29, 0.717) is 36.2 Å². The van der Waals surface area contributed by atoms with Crippen LogP contribution in [0.2, 0.25) is 0 Å². The summed E-state index contributed by atoms with van der Waals surface area (Å²) in [6, 6.07) is 19.9. The summed E-state index contributed by atoms with van der Waals surface area (Å²) in [4.78, 5) is 24.8. The molecule has 0 bridgehead atoms. The Hall–Kier alpha value is -4.60. The second-order valence-corrected chi connectivity index (χ2v) is 8.59. The largest absolute Gasteiger partial charge is 0.573 e. The van der Waals surface area contributed by atoms with Gasteiger partial charge in [-0.3, -0.25) is 9.51 Å². The number of halogens is 3. The lowest BCUT2D eigenvalue weighted by atomic mass is 9.91. The minimum atomic E-state index is -4.80. The third-order valence-electron chi connectivity index (χ3n) is 5.86. The predicted molar refractivity (Wildman–Crippen MR) is 134 cm³/mol. The predicted octanol–water partition coefficient (Wildman–Crippen LogP) is 6.13. The van der Waals surface area contributed by atoms with Gasteiger partial charge in [0.15, 0.2) is 5.82 Å². The number of carboxylic acids is 1. The molecule has 0 aliphatic carbocycles. The Morgan fingerprint density at radius 3 is 2.34 bits per heavy atom. The van der Waals surface area contributed by atoms with Gasteiger partial charge in [0.25, 0.3) is 0 Å². The van der Waals surface area contributed by atoms with Crippen molar-refractivity contribution in [3.63, 3.8) is 0 Å². The summed E-state index contributed by atoms with van der Waals surface area (Å²) in [7, 11) is 0. The monoisotopic (exact) mass is 524 g/mol. The van der Waals surface area contributed by atoms with Crippen molar-refractivity contribution < 1.29 is 32.3 Å². The van der Waals surface area contributed by atoms with Gasteiger partial charge in [-0.1, -0.05) is 71.9 Å². The Bertz CT molecular complexity index is 1460. The fraction of sp³-hybridized carbons (Fsp3) is 0.179. The highest BCUT2D eigenvalue weighted by atomic mass is 19.4. The maximum absolute atomic E-state index is 12.8. The number of aromatic carboxylic acids is 1. The minimum absolute atomic E-state index is 0.0641. The second kappa shape index (κ2) is 11.6. The standard InChI is InChI=1S/C28H23F3N2O5/c29-28(30,31)37-24-4-2-1-3-21(24)12-9-19(6-5-18-7-15-23(16-8-18)26(34)35)17-20-10-13-22(14-11-20)25-32-27(36)38-33-25/h1-4,7-16,19H,5-6,17H2,(H,34,35)(H,32,33,36)/b12-9-. The lowest BCUT2D eigenvalue weighted by Crippen LogP contribution is -2.17. The molecule has 38 heavy (non-hydrogen) atoms. The van der Waals surface area contributed by atoms with E-state index in [4.69, 9.17) is 5.11 Å². The summed E-state index contributed by atoms with van der Waals surface area (Å²) in [5.74, 6) is -1.70. The van der Waals surface area contributed by atoms with Crippen molar-refractivity contribution in [1.82, 2.24) is 10.1 Å². The molecule has 1 aromatic heterocycles. The van der Waals surface area contributed by atoms with Crippen molar-refractivity contribution in [3.05, 3.63) is 112 Å². The minimum Gasteiger partial charge on any atom is -0.478 e. The maximum Gasteiger partial charge on any atom is 0.573 e. The zero-order valence-corrected chi connectivity index (χ0v) is 19.9. The number of hydrogen-bond acceptors (Lipinski definition) is 5. The van der Waals surface area contributed by atoms with Gasteiger partial charge in [0.1, 0.15) is 5.75 Å². The lowest BCUT2D eigenvalue weighted by molar-refractivity contribution is -0.274. The Labute approximate surface area is 215 Å². The fourth-order valence-corrected chi connectivity index (χ4v) is 3.96. The first kappa shape index (κ1) is 26.5. The number of H-pyrrole nitrogens is 1. The van der Waals surface area contributed by atoms with Crippen LogP contribution in [0.15, 0.2) is 88.2 Å². The quantitative estimate of drug-likeness (QED) is 0.259. The SMILES string of the molecule is O=C(O)c1ccc(CCC(/C=C\c2ccccc2OC(F)(F)F)Cc2ccc(-c3noc(=O)[nH]3)cc2)cc1. The molecule has 4 rings (SSSR count). The average Bonchev–Trinajstić information content (AvgIpc) is 3.32. The van der Waals surface area contributed by atoms with Crippen LogP contribution in [0.5, 0.6) is 5.75 Å². The molecular formula is C28H23F3N2O5. The molecule has 196 valence electrons. The zero-order valence-electron chi connectivity index (χ0n) is 19.9. The molecule has 0 amide bonds. The highest BCUT2D eigenvalue weighted by molar-refractivity contribution is 5.87. The van der Waals surface area contributed by atoms with E-state index < -0.39 is 18.1 Å². The molecule has 0 aliphatic rings. The smallest absolute Gasteiger partial charge is 0.478 e. The van der Waals surface area contributed by atoms with Gasteiger partial charge in [0, 0.05) is 11.1 Å². The molecule has 0 aliphatic heterocycles. The van der Waals surface area contributed by atoms with Gasteiger partial charge in [-0.05, 0) is 54.5 Å². The molecule has 0 fully saturated rings. The third kappa shape index (κ3) is 7.45. The third-order valence-corrected chi connectivity index (χ3v) is 5.86.